The zero-order valence-corrected chi connectivity index (χ0v) is 11.2. The zero-order valence-electron chi connectivity index (χ0n) is 11.2. The second-order valence-corrected chi connectivity index (χ2v) is 5.45. The molecule has 1 aromatic rings. The molecule has 1 aromatic carbocycles. The highest BCUT2D eigenvalue weighted by molar-refractivity contribution is 5.80. The van der Waals surface area contributed by atoms with Crippen molar-refractivity contribution in [1.29, 1.82) is 0 Å². The van der Waals surface area contributed by atoms with E-state index in [0.717, 1.165) is 29.9 Å². The van der Waals surface area contributed by atoms with Crippen molar-refractivity contribution in [2.45, 2.75) is 25.9 Å². The molecule has 0 amide bonds. The number of benzene rings is 1. The molecular formula is C14H18N2O4. The normalized spacial score (nSPS) is 19.1. The first-order valence-corrected chi connectivity index (χ1v) is 6.63. The minimum Gasteiger partial charge on any atom is -0.454 e. The lowest BCUT2D eigenvalue weighted by molar-refractivity contribution is 0.0799. The van der Waals surface area contributed by atoms with Gasteiger partial charge in [-0.15, -0.1) is 0 Å². The van der Waals surface area contributed by atoms with Gasteiger partial charge in [0.25, 0.3) is 0 Å². The summed E-state index contributed by atoms with van der Waals surface area (Å²) < 4.78 is 16.4. The lowest BCUT2D eigenvalue weighted by atomic mass is 10.0. The van der Waals surface area contributed by atoms with Crippen LogP contribution in [0.1, 0.15) is 24.8 Å². The van der Waals surface area contributed by atoms with Gasteiger partial charge in [0.2, 0.25) is 6.79 Å². The van der Waals surface area contributed by atoms with Gasteiger partial charge < -0.3 is 25.2 Å². The first-order valence-electron chi connectivity index (χ1n) is 6.63. The van der Waals surface area contributed by atoms with Crippen molar-refractivity contribution < 1.29 is 19.4 Å². The average Bonchev–Trinajstić information content (AvgIpc) is 3.04. The highest BCUT2D eigenvalue weighted by atomic mass is 16.7. The molecule has 2 aliphatic rings. The van der Waals surface area contributed by atoms with Crippen molar-refractivity contribution in [3.05, 3.63) is 23.8 Å². The summed E-state index contributed by atoms with van der Waals surface area (Å²) in [6.07, 6.45) is 2.71. The number of amidine groups is 1. The molecule has 1 fully saturated rings. The maximum Gasteiger partial charge on any atom is 0.231 e. The molecule has 6 heteroatoms. The van der Waals surface area contributed by atoms with Crippen LogP contribution < -0.4 is 15.2 Å². The zero-order chi connectivity index (χ0) is 14.0. The molecule has 0 radical (unpaired) electrons. The number of hydrogen-bond donors (Lipinski definition) is 2. The average molecular weight is 278 g/mol. The Morgan fingerprint density at radius 1 is 1.35 bits per heavy atom. The second kappa shape index (κ2) is 5.20. The van der Waals surface area contributed by atoms with Crippen LogP contribution in [0.3, 0.4) is 0 Å². The topological polar surface area (TPSA) is 86.3 Å². The summed E-state index contributed by atoms with van der Waals surface area (Å²) in [5, 5.41) is 11.6. The van der Waals surface area contributed by atoms with Crippen LogP contribution in [0.4, 0.5) is 0 Å². The van der Waals surface area contributed by atoms with E-state index in [9.17, 15) is 0 Å². The molecule has 1 heterocycles. The van der Waals surface area contributed by atoms with E-state index in [1.54, 1.807) is 0 Å². The largest absolute Gasteiger partial charge is 0.454 e. The van der Waals surface area contributed by atoms with E-state index in [2.05, 4.69) is 5.16 Å². The summed E-state index contributed by atoms with van der Waals surface area (Å²) in [6.45, 7) is 1.43. The first kappa shape index (κ1) is 13.1. The summed E-state index contributed by atoms with van der Waals surface area (Å²) in [6, 6.07) is 5.80. The van der Waals surface area contributed by atoms with Crippen LogP contribution in [0, 0.1) is 5.41 Å². The smallest absolute Gasteiger partial charge is 0.231 e. The number of ether oxygens (including phenoxy) is 3. The Kier molecular flexibility index (Phi) is 3.40. The summed E-state index contributed by atoms with van der Waals surface area (Å²) in [4.78, 5) is 0. The van der Waals surface area contributed by atoms with Gasteiger partial charge in [0.1, 0.15) is 5.84 Å². The minimum absolute atomic E-state index is 0.0622. The molecule has 1 saturated carbocycles. The van der Waals surface area contributed by atoms with Gasteiger partial charge >= 0.3 is 0 Å². The molecule has 0 aromatic heterocycles. The molecule has 3 rings (SSSR count). The fourth-order valence-corrected chi connectivity index (χ4v) is 2.38. The van der Waals surface area contributed by atoms with Crippen LogP contribution >= 0.6 is 0 Å². The Balaban J connectivity index is 1.50. The third kappa shape index (κ3) is 2.80. The van der Waals surface area contributed by atoms with Gasteiger partial charge in [0.15, 0.2) is 11.5 Å². The van der Waals surface area contributed by atoms with Gasteiger partial charge in [0, 0.05) is 11.8 Å². The minimum atomic E-state index is 0.0622. The molecule has 0 atom stereocenters. The highest BCUT2D eigenvalue weighted by Gasteiger charge is 2.43. The van der Waals surface area contributed by atoms with Gasteiger partial charge in [-0.1, -0.05) is 11.2 Å². The Labute approximate surface area is 117 Å². The third-order valence-electron chi connectivity index (χ3n) is 3.76. The molecule has 1 aliphatic carbocycles. The third-order valence-corrected chi connectivity index (χ3v) is 3.76. The lowest BCUT2D eigenvalue weighted by Gasteiger charge is -2.14. The van der Waals surface area contributed by atoms with E-state index in [1.807, 2.05) is 18.2 Å². The quantitative estimate of drug-likeness (QED) is 0.359. The van der Waals surface area contributed by atoms with Crippen molar-refractivity contribution in [2.75, 3.05) is 13.4 Å². The number of nitrogens with two attached hydrogens (primary N) is 1. The van der Waals surface area contributed by atoms with E-state index < -0.39 is 0 Å². The van der Waals surface area contributed by atoms with E-state index in [4.69, 9.17) is 25.2 Å². The van der Waals surface area contributed by atoms with Gasteiger partial charge in [-0.05, 0) is 30.5 Å². The van der Waals surface area contributed by atoms with E-state index in [1.165, 1.54) is 0 Å². The van der Waals surface area contributed by atoms with Crippen molar-refractivity contribution in [3.63, 3.8) is 0 Å². The van der Waals surface area contributed by atoms with Crippen LogP contribution in [-0.2, 0) is 11.3 Å². The van der Waals surface area contributed by atoms with Crippen LogP contribution in [-0.4, -0.2) is 24.4 Å². The predicted octanol–water partition coefficient (Wildman–Crippen LogP) is 1.85. The van der Waals surface area contributed by atoms with Gasteiger partial charge in [-0.2, -0.15) is 0 Å². The Morgan fingerprint density at radius 2 is 2.15 bits per heavy atom. The Hall–Kier alpha value is -1.95. The van der Waals surface area contributed by atoms with E-state index >= 15 is 0 Å². The first-order chi connectivity index (χ1) is 9.71. The second-order valence-electron chi connectivity index (χ2n) is 5.45. The summed E-state index contributed by atoms with van der Waals surface area (Å²) in [7, 11) is 0. The molecular weight excluding hydrogens is 260 g/mol. The molecule has 1 aliphatic heterocycles. The van der Waals surface area contributed by atoms with Crippen LogP contribution in [0.15, 0.2) is 23.4 Å². The molecule has 0 unspecified atom stereocenters. The standard InChI is InChI=1S/C14H18N2O4/c15-13(16-17)6-14(3-4-14)8-18-7-10-1-2-11-12(5-10)20-9-19-11/h1-2,5,17H,3-4,6-9H2,(H2,15,16). The van der Waals surface area contributed by atoms with E-state index in [-0.39, 0.29) is 18.0 Å². The fourth-order valence-electron chi connectivity index (χ4n) is 2.38. The van der Waals surface area contributed by atoms with Crippen LogP contribution in [0.5, 0.6) is 11.5 Å². The Bertz CT molecular complexity index is 526. The number of hydrogen-bond acceptors (Lipinski definition) is 5. The summed E-state index contributed by atoms with van der Waals surface area (Å²) in [5.74, 6) is 1.82. The number of fused-ring (bicyclic) bond motifs is 1. The summed E-state index contributed by atoms with van der Waals surface area (Å²) in [5.41, 5.74) is 6.67. The maximum absolute atomic E-state index is 8.62. The van der Waals surface area contributed by atoms with Gasteiger partial charge in [-0.25, -0.2) is 0 Å². The molecule has 6 nitrogen and oxygen atoms in total. The SMILES string of the molecule is NC(CC1(COCc2ccc3c(c2)OCO3)CC1)=NO. The number of oxime groups is 1. The predicted molar refractivity (Wildman–Crippen MR) is 71.9 cm³/mol. The number of rotatable bonds is 6. The lowest BCUT2D eigenvalue weighted by Crippen LogP contribution is -2.21. The summed E-state index contributed by atoms with van der Waals surface area (Å²) >= 11 is 0. The number of nitrogens with zero attached hydrogens (tertiary/aromatic N) is 1. The van der Waals surface area contributed by atoms with Crippen molar-refractivity contribution >= 4 is 5.84 Å². The fraction of sp³-hybridized carbons (Fsp3) is 0.500. The van der Waals surface area contributed by atoms with Gasteiger partial charge in [0.05, 0.1) is 13.2 Å². The highest BCUT2D eigenvalue weighted by Crippen LogP contribution is 2.49. The monoisotopic (exact) mass is 278 g/mol. The van der Waals surface area contributed by atoms with E-state index in [0.29, 0.717) is 19.6 Å². The molecule has 0 spiro atoms. The maximum atomic E-state index is 8.62. The molecule has 3 N–H and O–H groups in total. The van der Waals surface area contributed by atoms with Gasteiger partial charge in [-0.3, -0.25) is 0 Å². The molecule has 0 bridgehead atoms. The molecule has 20 heavy (non-hydrogen) atoms. The van der Waals surface area contributed by atoms with Crippen LogP contribution in [0.25, 0.3) is 0 Å². The molecule has 108 valence electrons. The Morgan fingerprint density at radius 3 is 2.90 bits per heavy atom. The van der Waals surface area contributed by atoms with Crippen molar-refractivity contribution in [1.82, 2.24) is 0 Å². The van der Waals surface area contributed by atoms with Crippen molar-refractivity contribution in [2.24, 2.45) is 16.3 Å². The van der Waals surface area contributed by atoms with Crippen molar-refractivity contribution in [3.8, 4) is 11.5 Å². The van der Waals surface area contributed by atoms with Crippen LogP contribution in [0.2, 0.25) is 0 Å². The molecule has 0 saturated heterocycles.